The van der Waals surface area contributed by atoms with Crippen LogP contribution in [0, 0.1) is 6.92 Å². The molecule has 0 amide bonds. The number of nitrogens with zero attached hydrogens (tertiary/aromatic N) is 6. The Kier molecular flexibility index (Phi) is 6.19. The molecule has 0 aliphatic carbocycles. The van der Waals surface area contributed by atoms with Crippen LogP contribution in [0.3, 0.4) is 0 Å². The number of β-amino-alcohol motifs (C(OH)–C–C–N with tert-alkyl or cyclic N) is 1. The van der Waals surface area contributed by atoms with E-state index in [1.807, 2.05) is 37.4 Å². The number of halogens is 1. The lowest BCUT2D eigenvalue weighted by Gasteiger charge is -2.34. The standard InChI is InChI=1S/C19H22ClN7OS/c1-13-22-17(24-18(23-13)27-8-6-26(7-9-27)10-11-28)25-19-21-12-16(29-19)14-2-4-15(20)5-3-14/h2-5,12,28H,6-11H2,1H3,(H,21,22,23,24,25). The van der Waals surface area contributed by atoms with Gasteiger partial charge in [-0.3, -0.25) is 10.2 Å². The molecule has 1 aliphatic heterocycles. The lowest BCUT2D eigenvalue weighted by atomic mass is 10.2. The molecule has 0 atom stereocenters. The molecule has 0 bridgehead atoms. The number of nitrogens with one attached hydrogen (secondary N) is 1. The highest BCUT2D eigenvalue weighted by Crippen LogP contribution is 2.31. The first-order valence-corrected chi connectivity index (χ1v) is 10.6. The number of aryl methyl sites for hydroxylation is 1. The second-order valence-electron chi connectivity index (χ2n) is 6.72. The summed E-state index contributed by atoms with van der Waals surface area (Å²) in [4.78, 5) is 23.4. The molecule has 2 aromatic heterocycles. The van der Waals surface area contributed by atoms with E-state index in [0.29, 0.717) is 29.3 Å². The molecular weight excluding hydrogens is 410 g/mol. The van der Waals surface area contributed by atoms with Gasteiger partial charge in [-0.15, -0.1) is 0 Å². The van der Waals surface area contributed by atoms with Gasteiger partial charge in [-0.1, -0.05) is 35.1 Å². The minimum Gasteiger partial charge on any atom is -0.395 e. The number of hydrogen-bond donors (Lipinski definition) is 2. The average Bonchev–Trinajstić information content (AvgIpc) is 3.17. The van der Waals surface area contributed by atoms with Gasteiger partial charge in [-0.25, -0.2) is 4.98 Å². The first kappa shape index (κ1) is 20.0. The van der Waals surface area contributed by atoms with Crippen molar-refractivity contribution in [1.82, 2.24) is 24.8 Å². The third kappa shape index (κ3) is 4.99. The SMILES string of the molecule is Cc1nc(Nc2ncc(-c3ccc(Cl)cc3)s2)nc(N2CCN(CCO)CC2)n1. The van der Waals surface area contributed by atoms with Gasteiger partial charge in [0.25, 0.3) is 0 Å². The molecule has 29 heavy (non-hydrogen) atoms. The fraction of sp³-hybridized carbons (Fsp3) is 0.368. The number of aliphatic hydroxyl groups excluding tert-OH is 1. The average molecular weight is 432 g/mol. The fourth-order valence-electron chi connectivity index (χ4n) is 3.15. The van der Waals surface area contributed by atoms with Gasteiger partial charge in [0, 0.05) is 43.9 Å². The molecule has 3 heterocycles. The van der Waals surface area contributed by atoms with Gasteiger partial charge >= 0.3 is 0 Å². The molecule has 1 aromatic carbocycles. The third-order valence-electron chi connectivity index (χ3n) is 4.66. The van der Waals surface area contributed by atoms with Crippen molar-refractivity contribution in [3.05, 3.63) is 41.3 Å². The Bertz CT molecular complexity index is 957. The van der Waals surface area contributed by atoms with E-state index in [-0.39, 0.29) is 6.61 Å². The van der Waals surface area contributed by atoms with E-state index in [2.05, 4.69) is 35.1 Å². The summed E-state index contributed by atoms with van der Waals surface area (Å²) in [5.74, 6) is 1.81. The predicted molar refractivity (Wildman–Crippen MR) is 116 cm³/mol. The van der Waals surface area contributed by atoms with Crippen LogP contribution in [0.25, 0.3) is 10.4 Å². The van der Waals surface area contributed by atoms with E-state index in [1.54, 1.807) is 0 Å². The first-order chi connectivity index (χ1) is 14.1. The number of anilines is 3. The summed E-state index contributed by atoms with van der Waals surface area (Å²) in [6.45, 7) is 6.15. The Morgan fingerprint density at radius 1 is 1.10 bits per heavy atom. The highest BCUT2D eigenvalue weighted by atomic mass is 35.5. The number of aromatic nitrogens is 4. The van der Waals surface area contributed by atoms with Crippen molar-refractivity contribution in [2.75, 3.05) is 49.5 Å². The van der Waals surface area contributed by atoms with Crippen molar-refractivity contribution >= 4 is 40.0 Å². The number of piperazine rings is 1. The molecule has 10 heteroatoms. The number of hydrogen-bond acceptors (Lipinski definition) is 9. The topological polar surface area (TPSA) is 90.3 Å². The third-order valence-corrected chi connectivity index (χ3v) is 5.87. The molecular formula is C19H22ClN7OS. The van der Waals surface area contributed by atoms with Gasteiger partial charge in [0.05, 0.1) is 11.5 Å². The van der Waals surface area contributed by atoms with Crippen molar-refractivity contribution in [3.8, 4) is 10.4 Å². The van der Waals surface area contributed by atoms with Gasteiger partial charge in [-0.05, 0) is 24.6 Å². The Hall–Kier alpha value is -2.33. The second-order valence-corrected chi connectivity index (χ2v) is 8.19. The van der Waals surface area contributed by atoms with E-state index in [0.717, 1.165) is 41.8 Å². The maximum Gasteiger partial charge on any atom is 0.234 e. The van der Waals surface area contributed by atoms with Crippen LogP contribution in [-0.2, 0) is 0 Å². The lowest BCUT2D eigenvalue weighted by molar-refractivity contribution is 0.188. The zero-order chi connectivity index (χ0) is 20.2. The molecule has 0 spiro atoms. The molecule has 2 N–H and O–H groups in total. The molecule has 0 radical (unpaired) electrons. The highest BCUT2D eigenvalue weighted by molar-refractivity contribution is 7.18. The molecule has 4 rings (SSSR count). The zero-order valence-corrected chi connectivity index (χ0v) is 17.6. The maximum absolute atomic E-state index is 9.09. The summed E-state index contributed by atoms with van der Waals surface area (Å²) in [6, 6.07) is 7.68. The van der Waals surface area contributed by atoms with E-state index in [1.165, 1.54) is 11.3 Å². The second kappa shape index (κ2) is 9.00. The largest absolute Gasteiger partial charge is 0.395 e. The van der Waals surface area contributed by atoms with Crippen molar-refractivity contribution in [3.63, 3.8) is 0 Å². The van der Waals surface area contributed by atoms with Crippen LogP contribution in [0.4, 0.5) is 17.0 Å². The van der Waals surface area contributed by atoms with Crippen LogP contribution in [0.1, 0.15) is 5.82 Å². The molecule has 1 fully saturated rings. The molecule has 8 nitrogen and oxygen atoms in total. The normalized spacial score (nSPS) is 14.9. The predicted octanol–water partition coefficient (Wildman–Crippen LogP) is 2.81. The van der Waals surface area contributed by atoms with E-state index >= 15 is 0 Å². The van der Waals surface area contributed by atoms with Gasteiger partial charge in [0.15, 0.2) is 5.13 Å². The summed E-state index contributed by atoms with van der Waals surface area (Å²) < 4.78 is 0. The van der Waals surface area contributed by atoms with E-state index < -0.39 is 0 Å². The molecule has 0 unspecified atom stereocenters. The summed E-state index contributed by atoms with van der Waals surface area (Å²) in [7, 11) is 0. The number of thiazole rings is 1. The summed E-state index contributed by atoms with van der Waals surface area (Å²) in [6.07, 6.45) is 1.82. The highest BCUT2D eigenvalue weighted by Gasteiger charge is 2.20. The molecule has 1 aliphatic rings. The Balaban J connectivity index is 1.46. The van der Waals surface area contributed by atoms with Gasteiger partial charge in [-0.2, -0.15) is 15.0 Å². The number of aliphatic hydroxyl groups is 1. The van der Waals surface area contributed by atoms with Crippen LogP contribution >= 0.6 is 22.9 Å². The van der Waals surface area contributed by atoms with Crippen LogP contribution in [-0.4, -0.2) is 69.3 Å². The van der Waals surface area contributed by atoms with Crippen LogP contribution in [0.15, 0.2) is 30.5 Å². The first-order valence-electron chi connectivity index (χ1n) is 9.40. The minimum atomic E-state index is 0.185. The van der Waals surface area contributed by atoms with Crippen molar-refractivity contribution in [2.45, 2.75) is 6.92 Å². The number of rotatable bonds is 6. The van der Waals surface area contributed by atoms with Crippen molar-refractivity contribution in [1.29, 1.82) is 0 Å². The quantitative estimate of drug-likeness (QED) is 0.615. The fourth-order valence-corrected chi connectivity index (χ4v) is 4.09. The molecule has 152 valence electrons. The lowest BCUT2D eigenvalue weighted by Crippen LogP contribution is -2.47. The van der Waals surface area contributed by atoms with E-state index in [9.17, 15) is 0 Å². The van der Waals surface area contributed by atoms with Crippen LogP contribution in [0.2, 0.25) is 5.02 Å². The van der Waals surface area contributed by atoms with Crippen molar-refractivity contribution < 1.29 is 5.11 Å². The summed E-state index contributed by atoms with van der Waals surface area (Å²) >= 11 is 7.49. The van der Waals surface area contributed by atoms with Crippen LogP contribution < -0.4 is 10.2 Å². The Labute approximate surface area is 178 Å². The molecule has 0 saturated carbocycles. The number of benzene rings is 1. The Morgan fingerprint density at radius 3 is 2.59 bits per heavy atom. The maximum atomic E-state index is 9.09. The van der Waals surface area contributed by atoms with E-state index in [4.69, 9.17) is 16.7 Å². The molecule has 1 saturated heterocycles. The van der Waals surface area contributed by atoms with Gasteiger partial charge < -0.3 is 10.0 Å². The monoisotopic (exact) mass is 431 g/mol. The van der Waals surface area contributed by atoms with Gasteiger partial charge in [0.2, 0.25) is 11.9 Å². The van der Waals surface area contributed by atoms with Crippen LogP contribution in [0.5, 0.6) is 0 Å². The minimum absolute atomic E-state index is 0.185. The zero-order valence-electron chi connectivity index (χ0n) is 16.0. The smallest absolute Gasteiger partial charge is 0.234 e. The Morgan fingerprint density at radius 2 is 1.86 bits per heavy atom. The summed E-state index contributed by atoms with van der Waals surface area (Å²) in [5, 5.41) is 13.7. The van der Waals surface area contributed by atoms with Crippen molar-refractivity contribution in [2.24, 2.45) is 0 Å². The molecule has 3 aromatic rings. The van der Waals surface area contributed by atoms with Gasteiger partial charge in [0.1, 0.15) is 5.82 Å². The summed E-state index contributed by atoms with van der Waals surface area (Å²) in [5.41, 5.74) is 1.06.